The summed E-state index contributed by atoms with van der Waals surface area (Å²) in [5, 5.41) is 12.5. The van der Waals surface area contributed by atoms with Crippen molar-refractivity contribution < 1.29 is 14.0 Å². The molecule has 1 fully saturated rings. The number of aryl methyl sites for hydroxylation is 1. The summed E-state index contributed by atoms with van der Waals surface area (Å²) in [7, 11) is 1.74. The lowest BCUT2D eigenvalue weighted by atomic mass is 9.93. The minimum Gasteiger partial charge on any atom is -0.384 e. The summed E-state index contributed by atoms with van der Waals surface area (Å²) < 4.78 is 17.3. The molecule has 5 rings (SSSR count). The zero-order chi connectivity index (χ0) is 23.1. The summed E-state index contributed by atoms with van der Waals surface area (Å²) in [5.74, 6) is -0.708. The molecular formula is C22H21FN8O2. The summed E-state index contributed by atoms with van der Waals surface area (Å²) in [5.41, 5.74) is 7.13. The van der Waals surface area contributed by atoms with Gasteiger partial charge in [0.2, 0.25) is 5.91 Å². The highest BCUT2D eigenvalue weighted by Gasteiger charge is 2.36. The molecule has 3 aromatic heterocycles. The molecule has 0 spiro atoms. The molecule has 33 heavy (non-hydrogen) atoms. The molecule has 4 heterocycles. The van der Waals surface area contributed by atoms with Crippen molar-refractivity contribution in [3.8, 4) is 0 Å². The second-order valence-corrected chi connectivity index (χ2v) is 7.94. The number of fused-ring (bicyclic) bond motifs is 1. The Morgan fingerprint density at radius 2 is 2.03 bits per heavy atom. The van der Waals surface area contributed by atoms with Crippen molar-refractivity contribution in [2.75, 3.05) is 24.1 Å². The second-order valence-electron chi connectivity index (χ2n) is 7.94. The van der Waals surface area contributed by atoms with Gasteiger partial charge in [0.05, 0.1) is 29.2 Å². The van der Waals surface area contributed by atoms with Gasteiger partial charge in [-0.15, -0.1) is 0 Å². The smallest absolute Gasteiger partial charge is 0.257 e. The highest BCUT2D eigenvalue weighted by molar-refractivity contribution is 5.96. The zero-order valence-electron chi connectivity index (χ0n) is 17.8. The van der Waals surface area contributed by atoms with E-state index in [0.29, 0.717) is 18.9 Å². The number of para-hydroxylation sites is 1. The van der Waals surface area contributed by atoms with Gasteiger partial charge >= 0.3 is 0 Å². The van der Waals surface area contributed by atoms with E-state index in [4.69, 9.17) is 10.8 Å². The molecule has 0 aliphatic carbocycles. The second kappa shape index (κ2) is 8.01. The average molecular weight is 448 g/mol. The number of benzene rings is 1. The maximum atomic E-state index is 14.0. The zero-order valence-corrected chi connectivity index (χ0v) is 17.8. The number of amides is 2. The first kappa shape index (κ1) is 20.6. The number of anilines is 2. The van der Waals surface area contributed by atoms with Crippen molar-refractivity contribution in [1.82, 2.24) is 29.4 Å². The molecule has 2 amide bonds. The highest BCUT2D eigenvalue weighted by atomic mass is 19.1. The van der Waals surface area contributed by atoms with Gasteiger partial charge in [0.25, 0.3) is 5.91 Å². The number of nitrogen functional groups attached to an aromatic ring is 1. The molecule has 1 aliphatic heterocycles. The van der Waals surface area contributed by atoms with E-state index in [1.54, 1.807) is 33.6 Å². The third kappa shape index (κ3) is 3.77. The van der Waals surface area contributed by atoms with Gasteiger partial charge in [0.15, 0.2) is 5.82 Å². The Hall–Kier alpha value is -4.28. The number of nitrogens with two attached hydrogens (primary N) is 1. The van der Waals surface area contributed by atoms with Crippen molar-refractivity contribution in [3.05, 3.63) is 65.9 Å². The molecule has 4 aromatic rings. The first-order valence-electron chi connectivity index (χ1n) is 10.3. The van der Waals surface area contributed by atoms with Crippen LogP contribution in [0.5, 0.6) is 0 Å². The minimum absolute atomic E-state index is 0.0255. The molecule has 1 aromatic carbocycles. The van der Waals surface area contributed by atoms with Gasteiger partial charge in [-0.1, -0.05) is 18.2 Å². The Kier molecular flexibility index (Phi) is 5.00. The third-order valence-electron chi connectivity index (χ3n) is 5.73. The molecule has 3 N–H and O–H groups in total. The molecule has 0 unspecified atom stereocenters. The lowest BCUT2D eigenvalue weighted by Crippen LogP contribution is -2.49. The maximum absolute atomic E-state index is 14.0. The predicted octanol–water partition coefficient (Wildman–Crippen LogP) is 1.76. The quantitative estimate of drug-likeness (QED) is 0.480. The van der Waals surface area contributed by atoms with Crippen LogP contribution in [0.3, 0.4) is 0 Å². The van der Waals surface area contributed by atoms with Crippen molar-refractivity contribution in [1.29, 1.82) is 0 Å². The molecule has 1 aliphatic rings. The number of nitrogens with one attached hydrogen (secondary N) is 1. The molecule has 1 saturated heterocycles. The first-order chi connectivity index (χ1) is 15.9. The Morgan fingerprint density at radius 3 is 2.79 bits per heavy atom. The van der Waals surface area contributed by atoms with Gasteiger partial charge in [-0.2, -0.15) is 10.2 Å². The average Bonchev–Trinajstić information content (AvgIpc) is 3.32. The van der Waals surface area contributed by atoms with E-state index < -0.39 is 11.7 Å². The van der Waals surface area contributed by atoms with E-state index in [0.717, 1.165) is 22.8 Å². The van der Waals surface area contributed by atoms with Crippen LogP contribution in [0.4, 0.5) is 16.0 Å². The van der Waals surface area contributed by atoms with Crippen molar-refractivity contribution in [2.45, 2.75) is 12.5 Å². The van der Waals surface area contributed by atoms with E-state index in [-0.39, 0.29) is 29.8 Å². The number of carbonyl (C=O) groups excluding carboxylic acids is 2. The van der Waals surface area contributed by atoms with E-state index >= 15 is 0 Å². The monoisotopic (exact) mass is 448 g/mol. The largest absolute Gasteiger partial charge is 0.384 e. The Bertz CT molecular complexity index is 1370. The van der Waals surface area contributed by atoms with Crippen LogP contribution >= 0.6 is 0 Å². The van der Waals surface area contributed by atoms with Gasteiger partial charge in [-0.05, 0) is 12.1 Å². The van der Waals surface area contributed by atoms with Crippen LogP contribution in [0.1, 0.15) is 22.0 Å². The summed E-state index contributed by atoms with van der Waals surface area (Å²) in [6.45, 7) is 0.814. The third-order valence-corrected chi connectivity index (χ3v) is 5.73. The van der Waals surface area contributed by atoms with Gasteiger partial charge < -0.3 is 16.0 Å². The molecule has 0 bridgehead atoms. The SMILES string of the molecule is Cn1nccc1NC(=O)Cn1nc(C2CN(C(=O)c3cc(N)ncc3F)C2)c2ccccc21. The molecule has 0 radical (unpaired) electrons. The first-order valence-corrected chi connectivity index (χ1v) is 10.3. The number of halogens is 1. The Balaban J connectivity index is 1.34. The number of aromatic nitrogens is 5. The van der Waals surface area contributed by atoms with Crippen LogP contribution in [0.15, 0.2) is 48.8 Å². The predicted molar refractivity (Wildman–Crippen MR) is 119 cm³/mol. The van der Waals surface area contributed by atoms with E-state index in [1.807, 2.05) is 24.3 Å². The fourth-order valence-corrected chi connectivity index (χ4v) is 4.00. The lowest BCUT2D eigenvalue weighted by Gasteiger charge is -2.38. The van der Waals surface area contributed by atoms with E-state index in [1.165, 1.54) is 6.07 Å². The number of rotatable bonds is 5. The summed E-state index contributed by atoms with van der Waals surface area (Å²) in [4.78, 5) is 30.5. The number of hydrogen-bond donors (Lipinski definition) is 2. The van der Waals surface area contributed by atoms with E-state index in [2.05, 4.69) is 15.4 Å². The van der Waals surface area contributed by atoms with Crippen LogP contribution in [0.2, 0.25) is 0 Å². The summed E-state index contributed by atoms with van der Waals surface area (Å²) in [6, 6.07) is 10.6. The van der Waals surface area contributed by atoms with Crippen LogP contribution in [-0.2, 0) is 18.4 Å². The molecule has 0 atom stereocenters. The van der Waals surface area contributed by atoms with Crippen molar-refractivity contribution in [2.24, 2.45) is 7.05 Å². The Morgan fingerprint density at radius 1 is 1.24 bits per heavy atom. The maximum Gasteiger partial charge on any atom is 0.257 e. The number of carbonyl (C=O) groups is 2. The molecule has 10 nitrogen and oxygen atoms in total. The van der Waals surface area contributed by atoms with Crippen molar-refractivity contribution in [3.63, 3.8) is 0 Å². The number of pyridine rings is 1. The highest BCUT2D eigenvalue weighted by Crippen LogP contribution is 2.33. The molecule has 11 heteroatoms. The topological polar surface area (TPSA) is 124 Å². The number of likely N-dealkylation sites (tertiary alicyclic amines) is 1. The van der Waals surface area contributed by atoms with Gasteiger partial charge in [0, 0.05) is 37.5 Å². The van der Waals surface area contributed by atoms with Crippen LogP contribution < -0.4 is 11.1 Å². The summed E-state index contributed by atoms with van der Waals surface area (Å²) >= 11 is 0. The van der Waals surface area contributed by atoms with Gasteiger partial charge in [-0.3, -0.25) is 19.0 Å². The van der Waals surface area contributed by atoms with Crippen molar-refractivity contribution >= 4 is 34.4 Å². The molecule has 168 valence electrons. The van der Waals surface area contributed by atoms with Gasteiger partial charge in [-0.25, -0.2) is 9.37 Å². The summed E-state index contributed by atoms with van der Waals surface area (Å²) in [6.07, 6.45) is 2.55. The Labute approximate surface area is 187 Å². The van der Waals surface area contributed by atoms with Gasteiger partial charge in [0.1, 0.15) is 18.2 Å². The normalized spacial score (nSPS) is 13.8. The minimum atomic E-state index is -0.702. The lowest BCUT2D eigenvalue weighted by molar-refractivity contribution is -0.116. The number of hydrogen-bond acceptors (Lipinski definition) is 6. The van der Waals surface area contributed by atoms with Crippen LogP contribution in [0, 0.1) is 5.82 Å². The fraction of sp³-hybridized carbons (Fsp3) is 0.227. The number of nitrogens with zero attached hydrogens (tertiary/aromatic N) is 6. The molecule has 0 saturated carbocycles. The standard InChI is InChI=1S/C22H21FN8O2/c1-29-19(6-7-26-29)27-20(32)12-31-17-5-3-2-4-14(17)21(28-31)13-10-30(11-13)22(33)15-8-18(24)25-9-16(15)23/h2-9,13H,10-12H2,1H3,(H2,24,25)(H,27,32). The van der Waals surface area contributed by atoms with Crippen LogP contribution in [-0.4, -0.2) is 54.3 Å². The van der Waals surface area contributed by atoms with E-state index in [9.17, 15) is 14.0 Å². The fourth-order valence-electron chi connectivity index (χ4n) is 4.00. The molecular weight excluding hydrogens is 427 g/mol. The van der Waals surface area contributed by atoms with Crippen LogP contribution in [0.25, 0.3) is 10.9 Å².